The highest BCUT2D eigenvalue weighted by molar-refractivity contribution is 7.16. The van der Waals surface area contributed by atoms with Gasteiger partial charge in [0, 0.05) is 20.1 Å². The van der Waals surface area contributed by atoms with Crippen LogP contribution < -0.4 is 4.87 Å². The first-order valence-corrected chi connectivity index (χ1v) is 11.4. The number of likely N-dealkylation sites (N-methyl/N-ethyl adjacent to an activating group) is 1. The molecule has 2 atom stereocenters. The van der Waals surface area contributed by atoms with Crippen LogP contribution in [0.5, 0.6) is 0 Å². The monoisotopic (exact) mass is 451 g/mol. The summed E-state index contributed by atoms with van der Waals surface area (Å²) in [6.07, 6.45) is 5.57. The normalized spacial score (nSPS) is 21.0. The highest BCUT2D eigenvalue weighted by Crippen LogP contribution is 2.39. The van der Waals surface area contributed by atoms with Crippen molar-refractivity contribution in [2.24, 2.45) is 18.9 Å². The molecule has 8 heteroatoms. The first kappa shape index (κ1) is 23.0. The molecule has 0 spiro atoms. The summed E-state index contributed by atoms with van der Waals surface area (Å²) in [5.41, 5.74) is 2.23. The van der Waals surface area contributed by atoms with Crippen molar-refractivity contribution < 1.29 is 9.59 Å². The fourth-order valence-corrected chi connectivity index (χ4v) is 5.64. The van der Waals surface area contributed by atoms with Crippen molar-refractivity contribution in [2.75, 3.05) is 26.7 Å². The number of hydrogen-bond donors (Lipinski definition) is 0. The number of fused-ring (bicyclic) bond motifs is 2. The number of imide groups is 1. The lowest BCUT2D eigenvalue weighted by molar-refractivity contribution is -0.140. The van der Waals surface area contributed by atoms with Gasteiger partial charge in [-0.15, -0.1) is 12.4 Å². The topological polar surface area (TPSA) is 62.6 Å². The highest BCUT2D eigenvalue weighted by atomic mass is 35.5. The number of aryl methyl sites for hydroxylation is 1. The fourth-order valence-electron chi connectivity index (χ4n) is 4.70. The second kappa shape index (κ2) is 9.62. The van der Waals surface area contributed by atoms with Gasteiger partial charge in [0.1, 0.15) is 0 Å². The van der Waals surface area contributed by atoms with Crippen LogP contribution in [0.1, 0.15) is 37.7 Å². The molecule has 2 unspecified atom stereocenters. The maximum Gasteiger partial charge on any atom is 0.307 e. The molecule has 1 aromatic carbocycles. The van der Waals surface area contributed by atoms with E-state index >= 15 is 0 Å². The Balaban J connectivity index is 0.00000256. The molecule has 30 heavy (non-hydrogen) atoms. The summed E-state index contributed by atoms with van der Waals surface area (Å²) in [7, 11) is 3.92. The Morgan fingerprint density at radius 1 is 1.07 bits per heavy atom. The average Bonchev–Trinajstić information content (AvgIpc) is 3.36. The van der Waals surface area contributed by atoms with Gasteiger partial charge in [0.15, 0.2) is 0 Å². The molecule has 4 rings (SSSR count). The second-order valence-corrected chi connectivity index (χ2v) is 9.45. The summed E-state index contributed by atoms with van der Waals surface area (Å²) >= 11 is 1.30. The van der Waals surface area contributed by atoms with Crippen molar-refractivity contribution in [3.05, 3.63) is 33.4 Å². The Labute approximate surface area is 187 Å². The Hall–Kier alpha value is -1.70. The molecule has 2 fully saturated rings. The van der Waals surface area contributed by atoms with Gasteiger partial charge in [-0.2, -0.15) is 0 Å². The van der Waals surface area contributed by atoms with Gasteiger partial charge in [-0.05, 0) is 63.4 Å². The minimum absolute atomic E-state index is 0. The SMILES string of the molecule is CN(CCCCN1C(=O)C2CCCC2C1=O)CCc1ccc2c(c1)sc(=O)n2C.Cl. The molecule has 1 aromatic heterocycles. The number of rotatable bonds is 8. The van der Waals surface area contributed by atoms with Crippen molar-refractivity contribution in [1.82, 2.24) is 14.4 Å². The maximum absolute atomic E-state index is 12.4. The number of thiazole rings is 1. The van der Waals surface area contributed by atoms with Crippen LogP contribution in [0, 0.1) is 11.8 Å². The molecule has 2 aromatic rings. The van der Waals surface area contributed by atoms with Gasteiger partial charge < -0.3 is 9.47 Å². The molecule has 1 aliphatic carbocycles. The van der Waals surface area contributed by atoms with E-state index in [9.17, 15) is 14.4 Å². The fraction of sp³-hybridized carbons (Fsp3) is 0.591. The third-order valence-corrected chi connectivity index (χ3v) is 7.49. The van der Waals surface area contributed by atoms with E-state index in [-0.39, 0.29) is 40.9 Å². The van der Waals surface area contributed by atoms with E-state index in [0.29, 0.717) is 6.54 Å². The number of carbonyl (C=O) groups excluding carboxylic acids is 2. The predicted molar refractivity (Wildman–Crippen MR) is 122 cm³/mol. The van der Waals surface area contributed by atoms with Crippen LogP contribution in [-0.2, 0) is 23.1 Å². The molecule has 2 heterocycles. The summed E-state index contributed by atoms with van der Waals surface area (Å²) in [6, 6.07) is 6.25. The average molecular weight is 452 g/mol. The Bertz CT molecular complexity index is 964. The zero-order chi connectivity index (χ0) is 20.5. The van der Waals surface area contributed by atoms with Gasteiger partial charge in [0.05, 0.1) is 22.1 Å². The summed E-state index contributed by atoms with van der Waals surface area (Å²) in [6.45, 7) is 2.46. The molecule has 1 saturated heterocycles. The van der Waals surface area contributed by atoms with E-state index in [0.717, 1.165) is 61.8 Å². The van der Waals surface area contributed by atoms with E-state index in [1.807, 2.05) is 13.1 Å². The summed E-state index contributed by atoms with van der Waals surface area (Å²) in [5, 5.41) is 0. The van der Waals surface area contributed by atoms with E-state index < -0.39 is 0 Å². The van der Waals surface area contributed by atoms with Gasteiger partial charge in [0.25, 0.3) is 0 Å². The molecular weight excluding hydrogens is 422 g/mol. The van der Waals surface area contributed by atoms with Crippen molar-refractivity contribution in [3.63, 3.8) is 0 Å². The lowest BCUT2D eigenvalue weighted by Crippen LogP contribution is -2.33. The minimum Gasteiger partial charge on any atom is -0.306 e. The van der Waals surface area contributed by atoms with Crippen molar-refractivity contribution in [3.8, 4) is 0 Å². The van der Waals surface area contributed by atoms with Gasteiger partial charge in [-0.3, -0.25) is 19.3 Å². The van der Waals surface area contributed by atoms with Crippen molar-refractivity contribution in [2.45, 2.75) is 38.5 Å². The summed E-state index contributed by atoms with van der Waals surface area (Å²) < 4.78 is 2.74. The molecule has 2 amide bonds. The zero-order valence-electron chi connectivity index (χ0n) is 17.6. The van der Waals surface area contributed by atoms with Crippen LogP contribution in [0.3, 0.4) is 0 Å². The molecule has 1 aliphatic heterocycles. The molecule has 2 aliphatic rings. The number of nitrogens with zero attached hydrogens (tertiary/aromatic N) is 3. The van der Waals surface area contributed by atoms with Crippen LogP contribution in [0.4, 0.5) is 0 Å². The van der Waals surface area contributed by atoms with Gasteiger partial charge in [-0.1, -0.05) is 23.8 Å². The largest absolute Gasteiger partial charge is 0.307 e. The van der Waals surface area contributed by atoms with Crippen LogP contribution in [0.15, 0.2) is 23.0 Å². The third kappa shape index (κ3) is 4.48. The lowest BCUT2D eigenvalue weighted by Gasteiger charge is -2.19. The number of halogens is 1. The lowest BCUT2D eigenvalue weighted by atomic mass is 10.00. The van der Waals surface area contributed by atoms with E-state index in [2.05, 4.69) is 24.1 Å². The van der Waals surface area contributed by atoms with E-state index in [1.165, 1.54) is 21.8 Å². The summed E-state index contributed by atoms with van der Waals surface area (Å²) in [4.78, 5) is 40.4. The Morgan fingerprint density at radius 2 is 1.77 bits per heavy atom. The van der Waals surface area contributed by atoms with Gasteiger partial charge >= 0.3 is 4.87 Å². The summed E-state index contributed by atoms with van der Waals surface area (Å²) in [5.74, 6) is 0.102. The molecular formula is C22H30ClN3O3S. The third-order valence-electron chi connectivity index (χ3n) is 6.49. The number of unbranched alkanes of at least 4 members (excludes halogenated alkanes) is 1. The van der Waals surface area contributed by atoms with Crippen LogP contribution in [0.2, 0.25) is 0 Å². The molecule has 1 saturated carbocycles. The zero-order valence-corrected chi connectivity index (χ0v) is 19.3. The molecule has 0 radical (unpaired) electrons. The van der Waals surface area contributed by atoms with Crippen LogP contribution in [0.25, 0.3) is 10.2 Å². The van der Waals surface area contributed by atoms with E-state index in [1.54, 1.807) is 4.57 Å². The first-order valence-electron chi connectivity index (χ1n) is 10.6. The number of carbonyl (C=O) groups is 2. The Kier molecular flexibility index (Phi) is 7.37. The quantitative estimate of drug-likeness (QED) is 0.457. The highest BCUT2D eigenvalue weighted by Gasteiger charge is 2.49. The van der Waals surface area contributed by atoms with E-state index in [4.69, 9.17) is 0 Å². The van der Waals surface area contributed by atoms with Crippen LogP contribution in [-0.4, -0.2) is 52.9 Å². The Morgan fingerprint density at radius 3 is 2.47 bits per heavy atom. The number of aromatic nitrogens is 1. The van der Waals surface area contributed by atoms with Crippen LogP contribution >= 0.6 is 23.7 Å². The molecule has 6 nitrogen and oxygen atoms in total. The molecule has 164 valence electrons. The smallest absolute Gasteiger partial charge is 0.306 e. The maximum atomic E-state index is 12.4. The molecule has 0 N–H and O–H groups in total. The first-order chi connectivity index (χ1) is 14.0. The number of likely N-dealkylation sites (tertiary alicyclic amines) is 1. The van der Waals surface area contributed by atoms with Gasteiger partial charge in [0.2, 0.25) is 11.8 Å². The standard InChI is InChI=1S/C22H29N3O3S.ClH/c1-23(13-10-15-8-9-18-19(14-15)29-22(28)24(18)2)11-3-4-12-25-20(26)16-6-5-7-17(16)21(25)27;/h8-9,14,16-17H,3-7,10-13H2,1-2H3;1H. The number of amides is 2. The van der Waals surface area contributed by atoms with Crippen molar-refractivity contribution >= 4 is 45.8 Å². The number of hydrogen-bond acceptors (Lipinski definition) is 5. The second-order valence-electron chi connectivity index (χ2n) is 8.46. The van der Waals surface area contributed by atoms with Gasteiger partial charge in [-0.25, -0.2) is 0 Å². The number of benzene rings is 1. The van der Waals surface area contributed by atoms with Crippen molar-refractivity contribution in [1.29, 1.82) is 0 Å². The minimum atomic E-state index is -0.0225. The predicted octanol–water partition coefficient (Wildman–Crippen LogP) is 3.06. The molecule has 0 bridgehead atoms.